The molecule has 0 bridgehead atoms. The number of amidine groups is 2. The van der Waals surface area contributed by atoms with Crippen LogP contribution >= 0.6 is 7.14 Å². The first kappa shape index (κ1) is 27.5. The Morgan fingerprint density at radius 3 is 1.68 bits per heavy atom. The normalized spacial score (nSPS) is 17.2. The summed E-state index contributed by atoms with van der Waals surface area (Å²) in [6.07, 6.45) is -0.564. The van der Waals surface area contributed by atoms with E-state index in [0.29, 0.717) is 16.8 Å². The van der Waals surface area contributed by atoms with Crippen molar-refractivity contribution in [2.75, 3.05) is 0 Å². The second-order valence-corrected chi connectivity index (χ2v) is 14.4. The van der Waals surface area contributed by atoms with Gasteiger partial charge < -0.3 is 14.6 Å². The number of ether oxygens (including phenoxy) is 1. The number of fused-ring (bicyclic) bond motifs is 7. The highest BCUT2D eigenvalue weighted by Gasteiger charge is 2.42. The van der Waals surface area contributed by atoms with Gasteiger partial charge in [-0.3, -0.25) is 0 Å². The van der Waals surface area contributed by atoms with E-state index in [-0.39, 0.29) is 0 Å². The summed E-state index contributed by atoms with van der Waals surface area (Å²) in [4.78, 5) is 10.2. The minimum absolute atomic E-state index is 0.564. The molecule has 7 aromatic carbocycles. The molecule has 1 atom stereocenters. The molecular formula is C41H28N3O2P. The van der Waals surface area contributed by atoms with Crippen molar-refractivity contribution in [3.05, 3.63) is 174 Å². The second-order valence-electron chi connectivity index (χ2n) is 11.7. The topological polar surface area (TPSA) is 63.0 Å². The number of benzene rings is 7. The zero-order valence-electron chi connectivity index (χ0n) is 25.2. The van der Waals surface area contributed by atoms with Crippen LogP contribution in [0.15, 0.2) is 168 Å². The van der Waals surface area contributed by atoms with Gasteiger partial charge in [-0.2, -0.15) is 0 Å². The molecule has 0 aromatic heterocycles. The lowest BCUT2D eigenvalue weighted by atomic mass is 10.0. The van der Waals surface area contributed by atoms with E-state index in [1.807, 2.05) is 133 Å². The van der Waals surface area contributed by atoms with E-state index in [2.05, 4.69) is 29.6 Å². The Morgan fingerprint density at radius 2 is 1.06 bits per heavy atom. The molecule has 0 fully saturated rings. The Morgan fingerprint density at radius 1 is 0.553 bits per heavy atom. The zero-order valence-corrected chi connectivity index (χ0v) is 26.1. The largest absolute Gasteiger partial charge is 0.455 e. The molecule has 2 heterocycles. The van der Waals surface area contributed by atoms with Crippen molar-refractivity contribution in [2.45, 2.75) is 6.17 Å². The van der Waals surface area contributed by atoms with E-state index in [1.54, 1.807) is 0 Å². The third-order valence-electron chi connectivity index (χ3n) is 8.96. The summed E-state index contributed by atoms with van der Waals surface area (Å²) in [5.74, 6) is 2.70. The van der Waals surface area contributed by atoms with Crippen LogP contribution in [0.5, 0.6) is 11.5 Å². The van der Waals surface area contributed by atoms with Gasteiger partial charge in [0.05, 0.1) is 10.6 Å². The van der Waals surface area contributed by atoms with Gasteiger partial charge >= 0.3 is 0 Å². The van der Waals surface area contributed by atoms with E-state index >= 15 is 4.57 Å². The molecule has 0 amide bonds. The van der Waals surface area contributed by atoms with Crippen LogP contribution in [-0.4, -0.2) is 11.7 Å². The lowest BCUT2D eigenvalue weighted by molar-refractivity contribution is 0.491. The first-order chi connectivity index (χ1) is 23.2. The number of hydrogen-bond acceptors (Lipinski definition) is 5. The summed E-state index contributed by atoms with van der Waals surface area (Å²) < 4.78 is 23.0. The van der Waals surface area contributed by atoms with Gasteiger partial charge in [-0.05, 0) is 33.9 Å². The molecule has 0 saturated carbocycles. The summed E-state index contributed by atoms with van der Waals surface area (Å²) in [5, 5.41) is 9.60. The van der Waals surface area contributed by atoms with Gasteiger partial charge in [0.1, 0.15) is 23.2 Å². The van der Waals surface area contributed by atoms with Crippen LogP contribution in [0, 0.1) is 0 Å². The molecule has 0 saturated heterocycles. The van der Waals surface area contributed by atoms with E-state index in [4.69, 9.17) is 14.7 Å². The summed E-state index contributed by atoms with van der Waals surface area (Å²) in [6, 6.07) is 52.3. The van der Waals surface area contributed by atoms with Crippen LogP contribution in [-0.2, 0) is 4.57 Å². The van der Waals surface area contributed by atoms with Gasteiger partial charge in [0.2, 0.25) is 0 Å². The molecule has 2 aliphatic rings. The average Bonchev–Trinajstić information content (AvgIpc) is 3.15. The van der Waals surface area contributed by atoms with Gasteiger partial charge in [-0.25, -0.2) is 9.98 Å². The molecule has 6 heteroatoms. The van der Waals surface area contributed by atoms with Crippen molar-refractivity contribution in [3.8, 4) is 11.5 Å². The van der Waals surface area contributed by atoms with Crippen molar-refractivity contribution < 1.29 is 9.30 Å². The predicted octanol–water partition coefficient (Wildman–Crippen LogP) is 8.23. The molecule has 1 unspecified atom stereocenters. The van der Waals surface area contributed by atoms with Crippen LogP contribution in [0.25, 0.3) is 21.5 Å². The molecule has 5 nitrogen and oxygen atoms in total. The quantitative estimate of drug-likeness (QED) is 0.158. The lowest BCUT2D eigenvalue weighted by Gasteiger charge is -2.32. The van der Waals surface area contributed by atoms with Gasteiger partial charge in [0, 0.05) is 21.8 Å². The fourth-order valence-electron chi connectivity index (χ4n) is 6.75. The molecule has 9 rings (SSSR count). The Hall–Kier alpha value is -5.77. The molecule has 0 spiro atoms. The molecule has 0 aliphatic carbocycles. The minimum atomic E-state index is -3.46. The van der Waals surface area contributed by atoms with Gasteiger partial charge in [0.25, 0.3) is 0 Å². The summed E-state index contributed by atoms with van der Waals surface area (Å²) >= 11 is 0. The highest BCUT2D eigenvalue weighted by Crippen LogP contribution is 2.55. The van der Waals surface area contributed by atoms with E-state index < -0.39 is 13.3 Å². The maximum Gasteiger partial charge on any atom is 0.179 e. The second kappa shape index (κ2) is 10.9. The van der Waals surface area contributed by atoms with Crippen LogP contribution < -0.4 is 26.0 Å². The Kier molecular flexibility index (Phi) is 6.41. The Balaban J connectivity index is 1.29. The number of rotatable bonds is 4. The average molecular weight is 626 g/mol. The maximum atomic E-state index is 16.2. The molecule has 1 N–H and O–H groups in total. The highest BCUT2D eigenvalue weighted by atomic mass is 31.2. The van der Waals surface area contributed by atoms with E-state index in [0.717, 1.165) is 60.5 Å². The number of aliphatic imine (C=N–C) groups is 2. The van der Waals surface area contributed by atoms with Gasteiger partial charge in [-0.1, -0.05) is 146 Å². The highest BCUT2D eigenvalue weighted by molar-refractivity contribution is 7.86. The van der Waals surface area contributed by atoms with Crippen LogP contribution in [0.3, 0.4) is 0 Å². The van der Waals surface area contributed by atoms with Crippen LogP contribution in [0.4, 0.5) is 0 Å². The fraction of sp³-hybridized carbons (Fsp3) is 0.0244. The first-order valence-corrected chi connectivity index (χ1v) is 17.3. The summed E-state index contributed by atoms with van der Waals surface area (Å²) in [5.41, 5.74) is 2.76. The molecule has 0 radical (unpaired) electrons. The number of nitrogens with zero attached hydrogens (tertiary/aromatic N) is 2. The smallest absolute Gasteiger partial charge is 0.179 e. The zero-order chi connectivity index (χ0) is 31.4. The molecule has 47 heavy (non-hydrogen) atoms. The molecule has 2 aliphatic heterocycles. The number of hydrogen-bond donors (Lipinski definition) is 1. The Bertz CT molecular complexity index is 2390. The van der Waals surface area contributed by atoms with Crippen molar-refractivity contribution in [2.24, 2.45) is 9.98 Å². The first-order valence-electron chi connectivity index (χ1n) is 15.6. The monoisotopic (exact) mass is 625 g/mol. The maximum absolute atomic E-state index is 16.2. The standard InChI is InChI=1S/C41H28N3O2P/c45-47(30-18-8-3-9-19-30)36-26-29(41-43-39(27-14-4-1-5-15-27)42-40(44-41)28-16-6-2-7-17-28)24-25-35(36)46-37-33-22-12-10-20-31(33)32-21-11-13-23-34(32)38(37)47/h1-26,41H,(H,42,43,44). The van der Waals surface area contributed by atoms with Crippen LogP contribution in [0.1, 0.15) is 22.9 Å². The third kappa shape index (κ3) is 4.43. The summed E-state index contributed by atoms with van der Waals surface area (Å²) in [7, 11) is -3.46. The van der Waals surface area contributed by atoms with Crippen molar-refractivity contribution >= 4 is 56.3 Å². The Labute approximate surface area is 272 Å². The van der Waals surface area contributed by atoms with Crippen molar-refractivity contribution in [3.63, 3.8) is 0 Å². The van der Waals surface area contributed by atoms with Crippen molar-refractivity contribution in [1.82, 2.24) is 5.32 Å². The molecule has 7 aromatic rings. The minimum Gasteiger partial charge on any atom is -0.455 e. The molecule has 224 valence electrons. The van der Waals surface area contributed by atoms with Crippen LogP contribution in [0.2, 0.25) is 0 Å². The summed E-state index contributed by atoms with van der Waals surface area (Å²) in [6.45, 7) is 0. The number of nitrogens with one attached hydrogen (secondary N) is 1. The van der Waals surface area contributed by atoms with Gasteiger partial charge in [0.15, 0.2) is 13.3 Å². The van der Waals surface area contributed by atoms with Gasteiger partial charge in [-0.15, -0.1) is 0 Å². The van der Waals surface area contributed by atoms with E-state index in [1.165, 1.54) is 0 Å². The van der Waals surface area contributed by atoms with Crippen molar-refractivity contribution in [1.29, 1.82) is 0 Å². The van der Waals surface area contributed by atoms with E-state index in [9.17, 15) is 0 Å². The third-order valence-corrected chi connectivity index (χ3v) is 12.1. The predicted molar refractivity (Wildman–Crippen MR) is 193 cm³/mol. The molecular weight excluding hydrogens is 597 g/mol. The lowest BCUT2D eigenvalue weighted by Crippen LogP contribution is -2.36. The SMILES string of the molecule is O=P1(c2ccccc2)c2cc(C3N=C(c4ccccc4)NC(c4ccccc4)=N3)ccc2Oc2c1c1ccccc1c1ccccc21. The fourth-order valence-corrected chi connectivity index (χ4v) is 9.87.